The third-order valence-corrected chi connectivity index (χ3v) is 5.89. The predicted molar refractivity (Wildman–Crippen MR) is 153 cm³/mol. The molecule has 0 unspecified atom stereocenters. The van der Waals surface area contributed by atoms with Crippen molar-refractivity contribution in [1.82, 2.24) is 0 Å². The summed E-state index contributed by atoms with van der Waals surface area (Å²) >= 11 is 0. The third-order valence-electron chi connectivity index (χ3n) is 5.89. The molecule has 222 valence electrons. The van der Waals surface area contributed by atoms with Gasteiger partial charge in [-0.1, -0.05) is 40.0 Å². The van der Waals surface area contributed by atoms with Crippen molar-refractivity contribution >= 4 is 0 Å². The number of nitrogens with zero attached hydrogens (tertiary/aromatic N) is 3. The Morgan fingerprint density at radius 3 is 0.718 bits per heavy atom. The first kappa shape index (κ1) is 42.4. The maximum atomic E-state index is 2.29. The van der Waals surface area contributed by atoms with E-state index in [2.05, 4.69) is 131 Å². The summed E-state index contributed by atoms with van der Waals surface area (Å²) < 4.78 is 6.86. The lowest BCUT2D eigenvalue weighted by molar-refractivity contribution is -0.698. The zero-order valence-electron chi connectivity index (χ0n) is 26.0. The minimum atomic E-state index is 0. The Hall–Kier alpha value is -1.11. The highest BCUT2D eigenvalue weighted by atomic mass is 79.9. The van der Waals surface area contributed by atoms with Crippen molar-refractivity contribution in [2.45, 2.75) is 120 Å². The number of halogens is 3. The topological polar surface area (TPSA) is 11.6 Å². The first-order valence-electron chi connectivity index (χ1n) is 14.1. The van der Waals surface area contributed by atoms with Crippen LogP contribution in [0.15, 0.2) is 55.4 Å². The molecule has 0 spiro atoms. The predicted octanol–water partition coefficient (Wildman–Crippen LogP) is -1.81. The van der Waals surface area contributed by atoms with Crippen LogP contribution in [0.1, 0.15) is 92.7 Å². The van der Waals surface area contributed by atoms with Crippen LogP contribution in [0.25, 0.3) is 0 Å². The summed E-state index contributed by atoms with van der Waals surface area (Å²) in [6.45, 7) is 23.0. The van der Waals surface area contributed by atoms with E-state index in [0.717, 1.165) is 19.6 Å². The van der Waals surface area contributed by atoms with Gasteiger partial charge in [0, 0.05) is 52.6 Å². The van der Waals surface area contributed by atoms with Crippen LogP contribution in [0.2, 0.25) is 0 Å². The van der Waals surface area contributed by atoms with E-state index in [4.69, 9.17) is 0 Å². The van der Waals surface area contributed by atoms with Gasteiger partial charge in [-0.25, -0.2) is 13.7 Å². The molecule has 3 aromatic heterocycles. The lowest BCUT2D eigenvalue weighted by Crippen LogP contribution is -3.00. The van der Waals surface area contributed by atoms with Crippen LogP contribution in [-0.4, -0.2) is 0 Å². The number of rotatable bonds is 9. The van der Waals surface area contributed by atoms with E-state index in [1.807, 2.05) is 0 Å². The summed E-state index contributed by atoms with van der Waals surface area (Å²) in [6.07, 6.45) is 20.9. The second kappa shape index (κ2) is 24.7. The van der Waals surface area contributed by atoms with Gasteiger partial charge in [0.05, 0.1) is 0 Å². The van der Waals surface area contributed by atoms with Crippen LogP contribution >= 0.6 is 0 Å². The average molecular weight is 733 g/mol. The maximum absolute atomic E-state index is 2.29. The van der Waals surface area contributed by atoms with E-state index in [-0.39, 0.29) is 50.9 Å². The summed E-state index contributed by atoms with van der Waals surface area (Å²) in [6, 6.07) is 6.63. The number of aromatic nitrogens is 3. The van der Waals surface area contributed by atoms with Crippen molar-refractivity contribution in [3.05, 3.63) is 88.8 Å². The Morgan fingerprint density at radius 2 is 0.564 bits per heavy atom. The summed E-state index contributed by atoms with van der Waals surface area (Å²) in [4.78, 5) is 0. The van der Waals surface area contributed by atoms with Crippen LogP contribution in [0, 0.1) is 41.5 Å². The zero-order valence-corrected chi connectivity index (χ0v) is 30.8. The number of unbranched alkanes of at least 4 members (excludes halogenated alkanes) is 3. The molecular formula is C33H54Br3N3. The van der Waals surface area contributed by atoms with Gasteiger partial charge in [-0.15, -0.1) is 0 Å². The Kier molecular flexibility index (Phi) is 26.8. The Labute approximate surface area is 272 Å². The molecular weight excluding hydrogens is 678 g/mol. The molecule has 0 aliphatic rings. The summed E-state index contributed by atoms with van der Waals surface area (Å²) in [5.74, 6) is 0. The molecule has 0 radical (unpaired) electrons. The standard InChI is InChI=1S/3C11H18N.3BrH/c3*1-4-5-6-12-8-10(2)7-11(3)9-12;;;/h3*7-9H,4-6H2,1-3H3;3*1H/q3*+1;;;/p-3. The van der Waals surface area contributed by atoms with Crippen molar-refractivity contribution in [3.63, 3.8) is 0 Å². The fraction of sp³-hybridized carbons (Fsp3) is 0.545. The van der Waals surface area contributed by atoms with Crippen LogP contribution in [-0.2, 0) is 19.6 Å². The van der Waals surface area contributed by atoms with E-state index in [9.17, 15) is 0 Å². The first-order chi connectivity index (χ1) is 17.2. The molecule has 0 aromatic carbocycles. The van der Waals surface area contributed by atoms with Crippen molar-refractivity contribution in [2.24, 2.45) is 0 Å². The SMILES string of the molecule is CCCC[n+]1cc(C)cc(C)c1.CCCC[n+]1cc(C)cc(C)c1.CCCC[n+]1cc(C)cc(C)c1.[Br-].[Br-].[Br-]. The average Bonchev–Trinajstić information content (AvgIpc) is 2.79. The Morgan fingerprint density at radius 1 is 0.385 bits per heavy atom. The van der Waals surface area contributed by atoms with Gasteiger partial charge in [0.25, 0.3) is 0 Å². The van der Waals surface area contributed by atoms with Gasteiger partial charge >= 0.3 is 0 Å². The number of aryl methyl sites for hydroxylation is 9. The van der Waals surface area contributed by atoms with Crippen molar-refractivity contribution in [1.29, 1.82) is 0 Å². The maximum Gasteiger partial charge on any atom is 0.171 e. The minimum Gasteiger partial charge on any atom is -1.00 e. The normalized spacial score (nSPS) is 9.46. The number of hydrogen-bond acceptors (Lipinski definition) is 0. The van der Waals surface area contributed by atoms with E-state index < -0.39 is 0 Å². The van der Waals surface area contributed by atoms with Gasteiger partial charge < -0.3 is 50.9 Å². The summed E-state index contributed by atoms with van der Waals surface area (Å²) in [7, 11) is 0. The molecule has 39 heavy (non-hydrogen) atoms. The van der Waals surface area contributed by atoms with Crippen LogP contribution in [0.5, 0.6) is 0 Å². The minimum absolute atomic E-state index is 0. The van der Waals surface area contributed by atoms with Crippen molar-refractivity contribution in [2.75, 3.05) is 0 Å². The lowest BCUT2D eigenvalue weighted by Gasteiger charge is -1.98. The molecule has 0 aliphatic carbocycles. The van der Waals surface area contributed by atoms with E-state index in [0.29, 0.717) is 0 Å². The highest BCUT2D eigenvalue weighted by Crippen LogP contribution is 2.00. The summed E-state index contributed by atoms with van der Waals surface area (Å²) in [5, 5.41) is 0. The molecule has 0 saturated carbocycles. The van der Waals surface area contributed by atoms with Gasteiger partial charge in [-0.3, -0.25) is 0 Å². The number of pyridine rings is 3. The molecule has 3 rings (SSSR count). The van der Waals surface area contributed by atoms with E-state index >= 15 is 0 Å². The zero-order chi connectivity index (χ0) is 26.9. The van der Waals surface area contributed by atoms with Crippen LogP contribution < -0.4 is 64.6 Å². The largest absolute Gasteiger partial charge is 1.00 e. The molecule has 0 bridgehead atoms. The Bertz CT molecular complexity index is 846. The molecule has 3 nitrogen and oxygen atoms in total. The van der Waals surface area contributed by atoms with E-state index in [1.54, 1.807) is 0 Å². The fourth-order valence-corrected chi connectivity index (χ4v) is 4.39. The molecule has 0 fully saturated rings. The molecule has 0 saturated heterocycles. The third kappa shape index (κ3) is 20.4. The molecule has 0 N–H and O–H groups in total. The van der Waals surface area contributed by atoms with Gasteiger partial charge in [0.15, 0.2) is 37.2 Å². The highest BCUT2D eigenvalue weighted by molar-refractivity contribution is 5.12. The van der Waals surface area contributed by atoms with E-state index in [1.165, 1.54) is 71.9 Å². The van der Waals surface area contributed by atoms with Crippen molar-refractivity contribution < 1.29 is 64.6 Å². The number of hydrogen-bond donors (Lipinski definition) is 0. The van der Waals surface area contributed by atoms with Crippen molar-refractivity contribution in [3.8, 4) is 0 Å². The first-order valence-corrected chi connectivity index (χ1v) is 14.1. The van der Waals surface area contributed by atoms with Gasteiger partial charge in [0.2, 0.25) is 0 Å². The molecule has 0 atom stereocenters. The molecule has 0 amide bonds. The molecule has 3 aromatic rings. The van der Waals surface area contributed by atoms with Gasteiger partial charge in [-0.2, -0.15) is 0 Å². The van der Waals surface area contributed by atoms with Crippen LogP contribution in [0.4, 0.5) is 0 Å². The molecule has 0 aliphatic heterocycles. The monoisotopic (exact) mass is 729 g/mol. The van der Waals surface area contributed by atoms with Gasteiger partial charge in [0.1, 0.15) is 19.6 Å². The van der Waals surface area contributed by atoms with Gasteiger partial charge in [-0.05, 0) is 59.7 Å². The smallest absolute Gasteiger partial charge is 0.171 e. The highest BCUT2D eigenvalue weighted by Gasteiger charge is 2.02. The summed E-state index contributed by atoms with van der Waals surface area (Å²) in [5.41, 5.74) is 8.12. The fourth-order valence-electron chi connectivity index (χ4n) is 4.39. The molecule has 6 heteroatoms. The van der Waals surface area contributed by atoms with Crippen LogP contribution in [0.3, 0.4) is 0 Å². The lowest BCUT2D eigenvalue weighted by atomic mass is 10.2. The quantitative estimate of drug-likeness (QED) is 0.230. The second-order valence-corrected chi connectivity index (χ2v) is 10.4. The Balaban J connectivity index is -0.000000480. The second-order valence-electron chi connectivity index (χ2n) is 10.4. The molecule has 3 heterocycles.